The third-order valence-electron chi connectivity index (χ3n) is 3.37. The molecule has 4 nitrogen and oxygen atoms in total. The summed E-state index contributed by atoms with van der Waals surface area (Å²) in [7, 11) is 1.59. The molecule has 3 atom stereocenters. The first kappa shape index (κ1) is 13.2. The number of hydrogen-bond donors (Lipinski definition) is 2. The van der Waals surface area contributed by atoms with Crippen LogP contribution in [0.2, 0.25) is 0 Å². The van der Waals surface area contributed by atoms with Crippen molar-refractivity contribution >= 4 is 0 Å². The molecule has 0 aromatic heterocycles. The summed E-state index contributed by atoms with van der Waals surface area (Å²) >= 11 is 0. The molecule has 2 unspecified atom stereocenters. The van der Waals surface area contributed by atoms with Crippen LogP contribution in [0.25, 0.3) is 0 Å². The maximum Gasteiger partial charge on any atom is 0.129 e. The Morgan fingerprint density at radius 3 is 2.67 bits per heavy atom. The van der Waals surface area contributed by atoms with E-state index in [1.807, 2.05) is 0 Å². The lowest BCUT2D eigenvalue weighted by Crippen LogP contribution is -2.26. The Morgan fingerprint density at radius 2 is 2.11 bits per heavy atom. The molecule has 0 aliphatic heterocycles. The number of methoxy groups -OCH3 is 1. The van der Waals surface area contributed by atoms with Crippen LogP contribution < -0.4 is 9.47 Å². The summed E-state index contributed by atoms with van der Waals surface area (Å²) in [6.45, 7) is 1.69. The molecule has 2 rings (SSSR count). The van der Waals surface area contributed by atoms with Crippen LogP contribution in [0, 0.1) is 0 Å². The van der Waals surface area contributed by atoms with Crippen LogP contribution >= 0.6 is 0 Å². The second-order valence-corrected chi connectivity index (χ2v) is 4.73. The first-order valence-electron chi connectivity index (χ1n) is 6.32. The molecule has 1 aliphatic rings. The molecule has 1 aromatic rings. The van der Waals surface area contributed by atoms with Crippen LogP contribution in [0.15, 0.2) is 18.2 Å². The van der Waals surface area contributed by atoms with Crippen molar-refractivity contribution < 1.29 is 19.7 Å². The summed E-state index contributed by atoms with van der Waals surface area (Å²) in [5.74, 6) is 1.28. The molecule has 4 heteroatoms. The summed E-state index contributed by atoms with van der Waals surface area (Å²) in [6, 6.07) is 5.34. The average molecular weight is 252 g/mol. The molecule has 2 N–H and O–H groups in total. The minimum atomic E-state index is -0.607. The van der Waals surface area contributed by atoms with Gasteiger partial charge in [0.15, 0.2) is 0 Å². The van der Waals surface area contributed by atoms with Gasteiger partial charge in [-0.1, -0.05) is 0 Å². The van der Waals surface area contributed by atoms with E-state index in [1.165, 1.54) is 0 Å². The summed E-state index contributed by atoms with van der Waals surface area (Å²) in [4.78, 5) is 0. The maximum atomic E-state index is 9.79. The highest BCUT2D eigenvalue weighted by atomic mass is 16.5. The molecule has 1 aromatic carbocycles. The van der Waals surface area contributed by atoms with E-state index in [1.54, 1.807) is 32.2 Å². The van der Waals surface area contributed by atoms with E-state index in [0.29, 0.717) is 11.5 Å². The van der Waals surface area contributed by atoms with E-state index in [9.17, 15) is 10.2 Å². The summed E-state index contributed by atoms with van der Waals surface area (Å²) in [6.07, 6.45) is 1.38. The normalized spacial score (nSPS) is 24.9. The number of rotatable bonds is 4. The van der Waals surface area contributed by atoms with Gasteiger partial charge in [0, 0.05) is 11.6 Å². The van der Waals surface area contributed by atoms with Crippen molar-refractivity contribution in [2.75, 3.05) is 7.11 Å². The highest BCUT2D eigenvalue weighted by molar-refractivity contribution is 5.42. The molecule has 18 heavy (non-hydrogen) atoms. The van der Waals surface area contributed by atoms with Crippen LogP contribution in [0.1, 0.15) is 37.9 Å². The molecule has 1 fully saturated rings. The molecule has 1 saturated carbocycles. The van der Waals surface area contributed by atoms with Gasteiger partial charge in [0.1, 0.15) is 17.6 Å². The van der Waals surface area contributed by atoms with E-state index in [4.69, 9.17) is 9.47 Å². The van der Waals surface area contributed by atoms with Crippen LogP contribution in [0.5, 0.6) is 11.5 Å². The van der Waals surface area contributed by atoms with Crippen LogP contribution in [0.4, 0.5) is 0 Å². The topological polar surface area (TPSA) is 58.9 Å². The highest BCUT2D eigenvalue weighted by Crippen LogP contribution is 2.33. The van der Waals surface area contributed by atoms with E-state index < -0.39 is 12.2 Å². The summed E-state index contributed by atoms with van der Waals surface area (Å²) in [5.41, 5.74) is 0.718. The minimum Gasteiger partial charge on any atom is -0.497 e. The smallest absolute Gasteiger partial charge is 0.129 e. The Hall–Kier alpha value is -1.26. The number of hydrogen-bond acceptors (Lipinski definition) is 4. The second-order valence-electron chi connectivity index (χ2n) is 4.73. The van der Waals surface area contributed by atoms with Gasteiger partial charge in [0.05, 0.1) is 19.3 Å². The largest absolute Gasteiger partial charge is 0.497 e. The van der Waals surface area contributed by atoms with Gasteiger partial charge in [0.2, 0.25) is 0 Å². The zero-order valence-electron chi connectivity index (χ0n) is 10.8. The van der Waals surface area contributed by atoms with Crippen LogP contribution in [-0.2, 0) is 0 Å². The molecule has 0 radical (unpaired) electrons. The van der Waals surface area contributed by atoms with Gasteiger partial charge in [-0.15, -0.1) is 0 Å². The first-order valence-corrected chi connectivity index (χ1v) is 6.32. The number of aliphatic hydroxyl groups excluding tert-OH is 2. The van der Waals surface area contributed by atoms with Crippen molar-refractivity contribution in [3.8, 4) is 11.5 Å². The second kappa shape index (κ2) is 5.59. The fraction of sp³-hybridized carbons (Fsp3) is 0.571. The predicted molar refractivity (Wildman–Crippen MR) is 67.9 cm³/mol. The van der Waals surface area contributed by atoms with E-state index in [-0.39, 0.29) is 6.10 Å². The Labute approximate surface area is 107 Å². The standard InChI is InChI=1S/C14H20O4/c1-9(15)11-7-6-10(17-2)8-14(11)18-13-5-3-4-12(13)16/h6-9,12-13,15-16H,3-5H2,1-2H3/t9-,12?,13?/m1/s1. The summed E-state index contributed by atoms with van der Waals surface area (Å²) in [5, 5.41) is 19.5. The molecular formula is C14H20O4. The molecule has 1 aliphatic carbocycles. The number of benzene rings is 1. The minimum absolute atomic E-state index is 0.186. The van der Waals surface area contributed by atoms with Crippen molar-refractivity contribution in [1.82, 2.24) is 0 Å². The number of aliphatic hydroxyl groups is 2. The molecule has 0 heterocycles. The van der Waals surface area contributed by atoms with Gasteiger partial charge in [0.25, 0.3) is 0 Å². The van der Waals surface area contributed by atoms with Gasteiger partial charge in [-0.05, 0) is 38.3 Å². The highest BCUT2D eigenvalue weighted by Gasteiger charge is 2.28. The van der Waals surface area contributed by atoms with Crippen molar-refractivity contribution in [2.45, 2.75) is 44.5 Å². The molecule has 100 valence electrons. The van der Waals surface area contributed by atoms with Crippen LogP contribution in [0.3, 0.4) is 0 Å². The van der Waals surface area contributed by atoms with Gasteiger partial charge in [-0.3, -0.25) is 0 Å². The molecular weight excluding hydrogens is 232 g/mol. The van der Waals surface area contributed by atoms with E-state index in [0.717, 1.165) is 24.8 Å². The molecule has 0 amide bonds. The lowest BCUT2D eigenvalue weighted by atomic mass is 10.1. The Bertz CT molecular complexity index is 403. The van der Waals surface area contributed by atoms with Crippen LogP contribution in [-0.4, -0.2) is 29.5 Å². The van der Waals surface area contributed by atoms with Gasteiger partial charge >= 0.3 is 0 Å². The fourth-order valence-corrected chi connectivity index (χ4v) is 2.30. The zero-order valence-corrected chi connectivity index (χ0v) is 10.8. The van der Waals surface area contributed by atoms with E-state index >= 15 is 0 Å². The number of ether oxygens (including phenoxy) is 2. The summed E-state index contributed by atoms with van der Waals surface area (Å²) < 4.78 is 11.0. The van der Waals surface area contributed by atoms with Crippen molar-refractivity contribution in [3.05, 3.63) is 23.8 Å². The zero-order chi connectivity index (χ0) is 13.1. The van der Waals surface area contributed by atoms with E-state index in [2.05, 4.69) is 0 Å². The third kappa shape index (κ3) is 2.76. The first-order chi connectivity index (χ1) is 8.61. The third-order valence-corrected chi connectivity index (χ3v) is 3.37. The quantitative estimate of drug-likeness (QED) is 0.861. The van der Waals surface area contributed by atoms with Gasteiger partial charge in [-0.25, -0.2) is 0 Å². The Morgan fingerprint density at radius 1 is 1.33 bits per heavy atom. The van der Waals surface area contributed by atoms with Gasteiger partial charge < -0.3 is 19.7 Å². The predicted octanol–water partition coefficient (Wildman–Crippen LogP) is 2.04. The van der Waals surface area contributed by atoms with Crippen molar-refractivity contribution in [3.63, 3.8) is 0 Å². The fourth-order valence-electron chi connectivity index (χ4n) is 2.30. The molecule has 0 spiro atoms. The van der Waals surface area contributed by atoms with Gasteiger partial charge in [-0.2, -0.15) is 0 Å². The monoisotopic (exact) mass is 252 g/mol. The lowest BCUT2D eigenvalue weighted by Gasteiger charge is -2.21. The van der Waals surface area contributed by atoms with Crippen molar-refractivity contribution in [2.24, 2.45) is 0 Å². The van der Waals surface area contributed by atoms with Crippen molar-refractivity contribution in [1.29, 1.82) is 0 Å². The lowest BCUT2D eigenvalue weighted by molar-refractivity contribution is 0.0576. The Kier molecular flexibility index (Phi) is 4.09. The molecule has 0 bridgehead atoms. The average Bonchev–Trinajstić information content (AvgIpc) is 2.74. The molecule has 0 saturated heterocycles. The maximum absolute atomic E-state index is 9.79. The Balaban J connectivity index is 2.23. The SMILES string of the molecule is COc1ccc([C@@H](C)O)c(OC2CCCC2O)c1.